The Morgan fingerprint density at radius 1 is 1.44 bits per heavy atom. The highest BCUT2D eigenvalue weighted by molar-refractivity contribution is 5.77. The lowest BCUT2D eigenvalue weighted by atomic mass is 10.4. The number of anilines is 2. The van der Waals surface area contributed by atoms with Gasteiger partial charge in [-0.3, -0.25) is 9.78 Å². The van der Waals surface area contributed by atoms with Crippen LogP contribution in [-0.2, 0) is 4.79 Å². The Bertz CT molecular complexity index is 409. The summed E-state index contributed by atoms with van der Waals surface area (Å²) in [6, 6.07) is 0. The Labute approximate surface area is 107 Å². The summed E-state index contributed by atoms with van der Waals surface area (Å²) < 4.78 is 0. The van der Waals surface area contributed by atoms with Crippen LogP contribution in [0, 0.1) is 0 Å². The molecule has 0 aromatic carbocycles. The van der Waals surface area contributed by atoms with Crippen LogP contribution in [0.3, 0.4) is 0 Å². The van der Waals surface area contributed by atoms with Crippen molar-refractivity contribution in [3.63, 3.8) is 0 Å². The first-order valence-corrected chi connectivity index (χ1v) is 6.37. The van der Waals surface area contributed by atoms with Gasteiger partial charge < -0.3 is 15.5 Å². The summed E-state index contributed by atoms with van der Waals surface area (Å²) in [5, 5.41) is 6.06. The van der Waals surface area contributed by atoms with Gasteiger partial charge in [-0.1, -0.05) is 6.92 Å². The van der Waals surface area contributed by atoms with Gasteiger partial charge in [-0.15, -0.1) is 0 Å². The number of aromatic nitrogens is 2. The van der Waals surface area contributed by atoms with Gasteiger partial charge in [0, 0.05) is 32.6 Å². The van der Waals surface area contributed by atoms with Gasteiger partial charge in [-0.2, -0.15) is 0 Å². The molecule has 0 aliphatic carbocycles. The van der Waals surface area contributed by atoms with Crippen LogP contribution in [-0.4, -0.2) is 42.1 Å². The summed E-state index contributed by atoms with van der Waals surface area (Å²) in [6.45, 7) is 5.12. The van der Waals surface area contributed by atoms with Crippen molar-refractivity contribution in [2.75, 3.05) is 36.4 Å². The van der Waals surface area contributed by atoms with E-state index in [9.17, 15) is 4.79 Å². The number of hydrogen-bond donors (Lipinski definition) is 2. The number of carbonyl (C=O) groups excluding carboxylic acids is 1. The van der Waals surface area contributed by atoms with Crippen molar-refractivity contribution in [2.45, 2.75) is 19.8 Å². The third-order valence-electron chi connectivity index (χ3n) is 2.81. The van der Waals surface area contributed by atoms with Crippen molar-refractivity contribution in [3.8, 4) is 0 Å². The lowest BCUT2D eigenvalue weighted by molar-refractivity contribution is -0.120. The van der Waals surface area contributed by atoms with Crippen LogP contribution in [0.5, 0.6) is 0 Å². The first-order chi connectivity index (χ1) is 8.79. The Hall–Kier alpha value is -1.85. The maximum Gasteiger partial charge on any atom is 0.221 e. The van der Waals surface area contributed by atoms with Crippen molar-refractivity contribution < 1.29 is 4.79 Å². The molecule has 2 rings (SSSR count). The predicted molar refractivity (Wildman–Crippen MR) is 70.7 cm³/mol. The zero-order valence-electron chi connectivity index (χ0n) is 10.6. The average molecular weight is 249 g/mol. The summed E-state index contributed by atoms with van der Waals surface area (Å²) in [6.07, 6.45) is 5.02. The van der Waals surface area contributed by atoms with Gasteiger partial charge in [0.25, 0.3) is 0 Å². The number of amides is 1. The fraction of sp³-hybridized carbons (Fsp3) is 0.583. The van der Waals surface area contributed by atoms with Crippen molar-refractivity contribution in [1.82, 2.24) is 15.3 Å². The molecule has 1 aromatic rings. The average Bonchev–Trinajstić information content (AvgIpc) is 2.61. The molecule has 1 fully saturated rings. The summed E-state index contributed by atoms with van der Waals surface area (Å²) in [5.41, 5.74) is 0. The number of nitrogens with one attached hydrogen (secondary N) is 2. The monoisotopic (exact) mass is 249 g/mol. The van der Waals surface area contributed by atoms with E-state index in [-0.39, 0.29) is 5.91 Å². The molecule has 6 heteroatoms. The molecule has 0 spiro atoms. The van der Waals surface area contributed by atoms with E-state index in [1.165, 1.54) is 0 Å². The Morgan fingerprint density at radius 2 is 2.33 bits per heavy atom. The second kappa shape index (κ2) is 6.18. The van der Waals surface area contributed by atoms with Gasteiger partial charge in [0.1, 0.15) is 11.6 Å². The first kappa shape index (κ1) is 12.6. The van der Waals surface area contributed by atoms with Crippen LogP contribution in [0.2, 0.25) is 0 Å². The molecule has 0 radical (unpaired) electrons. The summed E-state index contributed by atoms with van der Waals surface area (Å²) in [4.78, 5) is 22.1. The van der Waals surface area contributed by atoms with Gasteiger partial charge in [0.2, 0.25) is 5.91 Å². The quantitative estimate of drug-likeness (QED) is 0.819. The highest BCUT2D eigenvalue weighted by Gasteiger charge is 2.15. The zero-order valence-corrected chi connectivity index (χ0v) is 10.6. The molecule has 1 aliphatic heterocycles. The number of carbonyl (C=O) groups is 1. The lowest BCUT2D eigenvalue weighted by Gasteiger charge is -2.20. The van der Waals surface area contributed by atoms with E-state index >= 15 is 0 Å². The number of rotatable bonds is 4. The molecule has 18 heavy (non-hydrogen) atoms. The number of hydrogen-bond acceptors (Lipinski definition) is 5. The fourth-order valence-electron chi connectivity index (χ4n) is 1.84. The van der Waals surface area contributed by atoms with E-state index in [1.54, 1.807) is 12.4 Å². The molecule has 1 aromatic heterocycles. The molecule has 1 saturated heterocycles. The molecule has 6 nitrogen and oxygen atoms in total. The van der Waals surface area contributed by atoms with E-state index in [0.29, 0.717) is 19.5 Å². The lowest BCUT2D eigenvalue weighted by Crippen LogP contribution is -2.29. The van der Waals surface area contributed by atoms with E-state index < -0.39 is 0 Å². The second-order valence-electron chi connectivity index (χ2n) is 4.28. The van der Waals surface area contributed by atoms with Crippen LogP contribution in [0.15, 0.2) is 12.4 Å². The molecule has 98 valence electrons. The Kier molecular flexibility index (Phi) is 4.33. The SMILES string of the molecule is CCCNc1cncc(N2CCNC(=O)CC2)n1. The Balaban J connectivity index is 2.04. The van der Waals surface area contributed by atoms with Gasteiger partial charge in [0.15, 0.2) is 0 Å². The minimum Gasteiger partial charge on any atom is -0.369 e. The van der Waals surface area contributed by atoms with Crippen LogP contribution in [0.4, 0.5) is 11.6 Å². The number of nitrogens with zero attached hydrogens (tertiary/aromatic N) is 3. The molecule has 0 saturated carbocycles. The minimum absolute atomic E-state index is 0.103. The largest absolute Gasteiger partial charge is 0.369 e. The summed E-state index contributed by atoms with van der Waals surface area (Å²) >= 11 is 0. The van der Waals surface area contributed by atoms with Crippen molar-refractivity contribution in [1.29, 1.82) is 0 Å². The summed E-state index contributed by atoms with van der Waals surface area (Å²) in [7, 11) is 0. The van der Waals surface area contributed by atoms with Crippen LogP contribution in [0.1, 0.15) is 19.8 Å². The molecule has 1 aliphatic rings. The van der Waals surface area contributed by atoms with Crippen LogP contribution < -0.4 is 15.5 Å². The molecule has 1 amide bonds. The van der Waals surface area contributed by atoms with Crippen molar-refractivity contribution in [2.24, 2.45) is 0 Å². The van der Waals surface area contributed by atoms with Crippen molar-refractivity contribution in [3.05, 3.63) is 12.4 Å². The molecule has 2 N–H and O–H groups in total. The second-order valence-corrected chi connectivity index (χ2v) is 4.28. The predicted octanol–water partition coefficient (Wildman–Crippen LogP) is 0.625. The van der Waals surface area contributed by atoms with E-state index in [2.05, 4.69) is 32.4 Å². The van der Waals surface area contributed by atoms with E-state index in [4.69, 9.17) is 0 Å². The zero-order chi connectivity index (χ0) is 12.8. The maximum atomic E-state index is 11.3. The molecule has 0 atom stereocenters. The molecule has 0 bridgehead atoms. The maximum absolute atomic E-state index is 11.3. The first-order valence-electron chi connectivity index (χ1n) is 6.37. The van der Waals surface area contributed by atoms with Crippen LogP contribution >= 0.6 is 0 Å². The third kappa shape index (κ3) is 3.32. The minimum atomic E-state index is 0.103. The third-order valence-corrected chi connectivity index (χ3v) is 2.81. The highest BCUT2D eigenvalue weighted by atomic mass is 16.1. The van der Waals surface area contributed by atoms with Gasteiger partial charge in [0.05, 0.1) is 12.4 Å². The van der Waals surface area contributed by atoms with E-state index in [1.807, 2.05) is 0 Å². The van der Waals surface area contributed by atoms with E-state index in [0.717, 1.165) is 31.1 Å². The molecular weight excluding hydrogens is 230 g/mol. The Morgan fingerprint density at radius 3 is 3.17 bits per heavy atom. The molecular formula is C12H19N5O. The highest BCUT2D eigenvalue weighted by Crippen LogP contribution is 2.13. The standard InChI is InChI=1S/C12H19N5O/c1-2-4-14-10-8-13-9-11(16-10)17-6-3-12(18)15-5-7-17/h8-9H,2-7H2,1H3,(H,14,16)(H,15,18). The molecule has 0 unspecified atom stereocenters. The van der Waals surface area contributed by atoms with Crippen LogP contribution in [0.25, 0.3) is 0 Å². The van der Waals surface area contributed by atoms with Gasteiger partial charge >= 0.3 is 0 Å². The topological polar surface area (TPSA) is 70.2 Å². The molecule has 2 heterocycles. The van der Waals surface area contributed by atoms with Crippen molar-refractivity contribution >= 4 is 17.5 Å². The van der Waals surface area contributed by atoms with Gasteiger partial charge in [-0.25, -0.2) is 4.98 Å². The fourth-order valence-corrected chi connectivity index (χ4v) is 1.84. The smallest absolute Gasteiger partial charge is 0.221 e. The summed E-state index contributed by atoms with van der Waals surface area (Å²) in [5.74, 6) is 1.72. The van der Waals surface area contributed by atoms with Gasteiger partial charge in [-0.05, 0) is 6.42 Å². The normalized spacial score (nSPS) is 16.1.